The van der Waals surface area contributed by atoms with Crippen molar-refractivity contribution in [2.75, 3.05) is 17.3 Å². The number of nitrogens with one attached hydrogen (secondary N) is 2. The van der Waals surface area contributed by atoms with Gasteiger partial charge in [0.15, 0.2) is 0 Å². The zero-order chi connectivity index (χ0) is 40.9. The molecule has 0 saturated carbocycles. The van der Waals surface area contributed by atoms with Crippen LogP contribution in [0.5, 0.6) is 17.2 Å². The number of hydrogen-bond donors (Lipinski definition) is 4. The Balaban J connectivity index is 0.000000284. The number of carbonyl (C=O) groups excluding carboxylic acids is 3. The molecule has 1 aromatic heterocycles. The summed E-state index contributed by atoms with van der Waals surface area (Å²) in [6, 6.07) is 27.8. The van der Waals surface area contributed by atoms with Gasteiger partial charge < -0.3 is 29.9 Å². The molecule has 1 heterocycles. The van der Waals surface area contributed by atoms with Gasteiger partial charge in [0.1, 0.15) is 28.3 Å². The summed E-state index contributed by atoms with van der Waals surface area (Å²) in [6.07, 6.45) is 4.97. The van der Waals surface area contributed by atoms with E-state index in [0.717, 1.165) is 37.7 Å². The molecule has 13 heteroatoms. The molecule has 0 bridgehead atoms. The van der Waals surface area contributed by atoms with Crippen molar-refractivity contribution in [3.05, 3.63) is 114 Å². The van der Waals surface area contributed by atoms with E-state index >= 15 is 0 Å². The SMILES string of the molecule is CCCCCCC(CCC(=O)O)Oc1ccc(C)cc1NC(=O)c1ccc2c(N(C)C(C)=O)cccc2c1O.O=C(Oc1ccccc1)c1ccc2n[nH]nc2c1. The minimum atomic E-state index is -0.876. The predicted octanol–water partition coefficient (Wildman–Crippen LogP) is 8.85. The second-order valence-corrected chi connectivity index (χ2v) is 13.6. The van der Waals surface area contributed by atoms with Crippen LogP contribution in [0.2, 0.25) is 0 Å². The van der Waals surface area contributed by atoms with Crippen molar-refractivity contribution in [2.24, 2.45) is 0 Å². The van der Waals surface area contributed by atoms with Gasteiger partial charge in [0, 0.05) is 31.2 Å². The number of ether oxygens (including phenoxy) is 2. The number of phenolic OH excluding ortho intramolecular Hbond substituents is 1. The number of amides is 2. The number of unbranched alkanes of at least 4 members (excludes halogenated alkanes) is 3. The molecule has 0 aliphatic heterocycles. The summed E-state index contributed by atoms with van der Waals surface area (Å²) in [5, 5.41) is 34.5. The van der Waals surface area contributed by atoms with Gasteiger partial charge in [-0.25, -0.2) is 4.79 Å². The summed E-state index contributed by atoms with van der Waals surface area (Å²) < 4.78 is 11.5. The van der Waals surface area contributed by atoms with Gasteiger partial charge in [-0.1, -0.05) is 68.7 Å². The highest BCUT2D eigenvalue weighted by Gasteiger charge is 2.21. The molecule has 0 aliphatic rings. The number of carboxylic acid groups (broad SMARTS) is 1. The maximum atomic E-state index is 13.3. The first-order valence-electron chi connectivity index (χ1n) is 18.8. The number of nitrogens with zero attached hydrogens (tertiary/aromatic N) is 3. The van der Waals surface area contributed by atoms with Gasteiger partial charge in [-0.05, 0) is 86.3 Å². The molecule has 296 valence electrons. The zero-order valence-corrected chi connectivity index (χ0v) is 32.5. The maximum absolute atomic E-state index is 13.3. The van der Waals surface area contributed by atoms with Crippen molar-refractivity contribution >= 4 is 56.9 Å². The number of aromatic hydroxyl groups is 1. The van der Waals surface area contributed by atoms with Gasteiger partial charge in [0.25, 0.3) is 5.91 Å². The Hall–Kier alpha value is -6.76. The Bertz CT molecular complexity index is 2340. The van der Waals surface area contributed by atoms with Gasteiger partial charge >= 0.3 is 11.9 Å². The second kappa shape index (κ2) is 19.7. The fraction of sp³-hybridized carbons (Fsp3) is 0.273. The number of carbonyl (C=O) groups is 4. The number of aryl methyl sites for hydroxylation is 1. The predicted molar refractivity (Wildman–Crippen MR) is 219 cm³/mol. The third-order valence-corrected chi connectivity index (χ3v) is 9.33. The molecular formula is C44H47N5O8. The number of phenols is 1. The van der Waals surface area contributed by atoms with Crippen LogP contribution in [0.25, 0.3) is 21.8 Å². The normalized spacial score (nSPS) is 11.3. The molecule has 1 atom stereocenters. The van der Waals surface area contributed by atoms with E-state index in [-0.39, 0.29) is 29.7 Å². The summed E-state index contributed by atoms with van der Waals surface area (Å²) >= 11 is 0. The third kappa shape index (κ3) is 11.2. The van der Waals surface area contributed by atoms with Crippen molar-refractivity contribution in [2.45, 2.75) is 71.8 Å². The Kier molecular flexibility index (Phi) is 14.3. The number of rotatable bonds is 15. The average Bonchev–Trinajstić information content (AvgIpc) is 3.68. The number of H-pyrrole nitrogens is 1. The number of esters is 1. The Morgan fingerprint density at radius 1 is 0.842 bits per heavy atom. The van der Waals surface area contributed by atoms with Crippen LogP contribution in [0.4, 0.5) is 11.4 Å². The molecule has 0 aliphatic carbocycles. The molecule has 6 aromatic rings. The van der Waals surface area contributed by atoms with Crippen LogP contribution in [-0.4, -0.2) is 62.5 Å². The fourth-order valence-corrected chi connectivity index (χ4v) is 6.15. The summed E-state index contributed by atoms with van der Waals surface area (Å²) in [4.78, 5) is 49.8. The number of aromatic nitrogens is 3. The monoisotopic (exact) mass is 773 g/mol. The van der Waals surface area contributed by atoms with E-state index in [1.165, 1.54) is 17.9 Å². The standard InChI is InChI=1S/C31H38N2O6.C13H9N3O2/c1-5-6-7-8-10-22(14-18-29(35)36)39-28-17-13-20(2)19-26(28)32-31(38)25-16-15-23-24(30(25)37)11-9-12-27(23)33(4)21(3)34;17-13(18-10-4-2-1-3-5-10)9-6-7-11-12(8-9)15-16-14-11/h9,11-13,15-17,19,22,37H,5-8,10,14,18H2,1-4H3,(H,32,38)(H,35,36);1-8H,(H,14,15,16). The van der Waals surface area contributed by atoms with Crippen molar-refractivity contribution in [1.82, 2.24) is 15.4 Å². The molecule has 0 saturated heterocycles. The molecule has 0 spiro atoms. The van der Waals surface area contributed by atoms with E-state index in [1.807, 2.05) is 31.2 Å². The highest BCUT2D eigenvalue weighted by atomic mass is 16.5. The van der Waals surface area contributed by atoms with E-state index in [0.29, 0.717) is 56.7 Å². The lowest BCUT2D eigenvalue weighted by molar-refractivity contribution is -0.137. The number of benzene rings is 5. The van der Waals surface area contributed by atoms with E-state index < -0.39 is 17.8 Å². The number of anilines is 2. The number of para-hydroxylation sites is 1. The minimum Gasteiger partial charge on any atom is -0.506 e. The Morgan fingerprint density at radius 3 is 2.35 bits per heavy atom. The number of fused-ring (bicyclic) bond motifs is 2. The first-order valence-corrected chi connectivity index (χ1v) is 18.8. The van der Waals surface area contributed by atoms with Crippen LogP contribution in [0.3, 0.4) is 0 Å². The molecule has 5 aromatic carbocycles. The van der Waals surface area contributed by atoms with E-state index in [9.17, 15) is 29.4 Å². The molecular weight excluding hydrogens is 727 g/mol. The lowest BCUT2D eigenvalue weighted by Gasteiger charge is -2.22. The molecule has 1 unspecified atom stereocenters. The van der Waals surface area contributed by atoms with Crippen LogP contribution >= 0.6 is 0 Å². The molecule has 0 radical (unpaired) electrons. The number of carboxylic acids is 1. The van der Waals surface area contributed by atoms with Crippen molar-refractivity contribution in [1.29, 1.82) is 0 Å². The van der Waals surface area contributed by atoms with Crippen molar-refractivity contribution < 1.29 is 38.9 Å². The smallest absolute Gasteiger partial charge is 0.343 e. The first-order chi connectivity index (χ1) is 27.4. The largest absolute Gasteiger partial charge is 0.506 e. The van der Waals surface area contributed by atoms with Crippen LogP contribution < -0.4 is 19.7 Å². The highest BCUT2D eigenvalue weighted by molar-refractivity contribution is 6.13. The summed E-state index contributed by atoms with van der Waals surface area (Å²) in [5.41, 5.74) is 3.85. The fourth-order valence-electron chi connectivity index (χ4n) is 6.15. The molecule has 57 heavy (non-hydrogen) atoms. The summed E-state index contributed by atoms with van der Waals surface area (Å²) in [5.74, 6) is -1.17. The lowest BCUT2D eigenvalue weighted by atomic mass is 10.0. The van der Waals surface area contributed by atoms with Gasteiger partial charge in [0.2, 0.25) is 5.91 Å². The maximum Gasteiger partial charge on any atom is 0.343 e. The van der Waals surface area contributed by atoms with Crippen LogP contribution in [-0.2, 0) is 9.59 Å². The van der Waals surface area contributed by atoms with Gasteiger partial charge in [-0.3, -0.25) is 14.4 Å². The van der Waals surface area contributed by atoms with Crippen LogP contribution in [0.1, 0.15) is 85.1 Å². The van der Waals surface area contributed by atoms with Crippen LogP contribution in [0, 0.1) is 6.92 Å². The zero-order valence-electron chi connectivity index (χ0n) is 32.5. The summed E-state index contributed by atoms with van der Waals surface area (Å²) in [7, 11) is 1.65. The number of hydrogen-bond acceptors (Lipinski definition) is 9. The molecule has 4 N–H and O–H groups in total. The minimum absolute atomic E-state index is 0.00222. The summed E-state index contributed by atoms with van der Waals surface area (Å²) in [6.45, 7) is 5.49. The highest BCUT2D eigenvalue weighted by Crippen LogP contribution is 2.36. The topological polar surface area (TPSA) is 184 Å². The van der Waals surface area contributed by atoms with Gasteiger partial charge in [-0.15, -0.1) is 0 Å². The van der Waals surface area contributed by atoms with Crippen LogP contribution in [0.15, 0.2) is 97.1 Å². The van der Waals surface area contributed by atoms with Crippen molar-refractivity contribution in [3.63, 3.8) is 0 Å². The first kappa shape index (κ1) is 41.4. The van der Waals surface area contributed by atoms with E-state index in [4.69, 9.17) is 9.47 Å². The Labute approximate surface area is 330 Å². The quantitative estimate of drug-likeness (QED) is 0.0447. The lowest BCUT2D eigenvalue weighted by Crippen LogP contribution is -2.23. The average molecular weight is 774 g/mol. The third-order valence-electron chi connectivity index (χ3n) is 9.33. The Morgan fingerprint density at radius 2 is 1.61 bits per heavy atom. The molecule has 0 fully saturated rings. The second-order valence-electron chi connectivity index (χ2n) is 13.6. The van der Waals surface area contributed by atoms with E-state index in [1.54, 1.807) is 73.8 Å². The van der Waals surface area contributed by atoms with Crippen molar-refractivity contribution in [3.8, 4) is 17.2 Å². The van der Waals surface area contributed by atoms with E-state index in [2.05, 4.69) is 27.7 Å². The number of aromatic amines is 1. The molecule has 13 nitrogen and oxygen atoms in total. The van der Waals surface area contributed by atoms with Gasteiger partial charge in [-0.2, -0.15) is 15.4 Å². The molecule has 6 rings (SSSR count). The molecule has 2 amide bonds. The number of aliphatic carboxylic acids is 1. The van der Waals surface area contributed by atoms with Gasteiger partial charge in [0.05, 0.1) is 28.6 Å².